The number of piperazine rings is 1. The Kier molecular flexibility index (Phi) is 6.58. The zero-order chi connectivity index (χ0) is 17.5. The molecular formula is C16H25N5O3. The second kappa shape index (κ2) is 8.66. The standard InChI is InChI=1S/C16H25N5O3/c17-3-6-19-7-9-20(10-8-19)12-14(11-18)15(22)21-4-1-13(2-5-21)16(23)24/h12-13H,1-10,17H2,(H,23,24)/b14-12-. The Morgan fingerprint density at radius 2 is 1.79 bits per heavy atom. The third-order valence-electron chi connectivity index (χ3n) is 4.65. The van der Waals surface area contributed by atoms with E-state index in [0.29, 0.717) is 32.5 Å². The first-order valence-corrected chi connectivity index (χ1v) is 8.35. The molecule has 0 unspecified atom stereocenters. The minimum atomic E-state index is -0.812. The molecule has 2 heterocycles. The van der Waals surface area contributed by atoms with E-state index in [1.807, 2.05) is 11.0 Å². The lowest BCUT2D eigenvalue weighted by molar-refractivity contribution is -0.145. The summed E-state index contributed by atoms with van der Waals surface area (Å²) in [5.41, 5.74) is 5.67. The largest absolute Gasteiger partial charge is 0.481 e. The van der Waals surface area contributed by atoms with Crippen molar-refractivity contribution < 1.29 is 14.7 Å². The van der Waals surface area contributed by atoms with Crippen molar-refractivity contribution >= 4 is 11.9 Å². The maximum Gasteiger partial charge on any atom is 0.306 e. The van der Waals surface area contributed by atoms with Gasteiger partial charge in [-0.15, -0.1) is 0 Å². The molecule has 0 aromatic carbocycles. The van der Waals surface area contributed by atoms with Gasteiger partial charge in [-0.2, -0.15) is 5.26 Å². The van der Waals surface area contributed by atoms with Crippen LogP contribution in [0.5, 0.6) is 0 Å². The van der Waals surface area contributed by atoms with E-state index in [9.17, 15) is 14.9 Å². The summed E-state index contributed by atoms with van der Waals surface area (Å²) >= 11 is 0. The van der Waals surface area contributed by atoms with Crippen LogP contribution in [0.15, 0.2) is 11.8 Å². The molecule has 2 saturated heterocycles. The van der Waals surface area contributed by atoms with Gasteiger partial charge in [0.25, 0.3) is 5.91 Å². The number of carbonyl (C=O) groups is 2. The average molecular weight is 335 g/mol. The van der Waals surface area contributed by atoms with E-state index in [-0.39, 0.29) is 17.4 Å². The number of hydrogen-bond donors (Lipinski definition) is 2. The fraction of sp³-hybridized carbons (Fsp3) is 0.688. The number of rotatable bonds is 5. The first-order valence-electron chi connectivity index (χ1n) is 8.35. The Hall–Kier alpha value is -2.11. The van der Waals surface area contributed by atoms with Gasteiger partial charge in [-0.3, -0.25) is 14.5 Å². The molecule has 2 rings (SSSR count). The van der Waals surface area contributed by atoms with Crippen molar-refractivity contribution in [3.63, 3.8) is 0 Å². The molecule has 1 amide bonds. The highest BCUT2D eigenvalue weighted by Gasteiger charge is 2.28. The maximum atomic E-state index is 12.5. The number of nitriles is 1. The molecular weight excluding hydrogens is 310 g/mol. The molecule has 24 heavy (non-hydrogen) atoms. The number of carbonyl (C=O) groups excluding carboxylic acids is 1. The van der Waals surface area contributed by atoms with Crippen LogP contribution < -0.4 is 5.73 Å². The van der Waals surface area contributed by atoms with Crippen molar-refractivity contribution in [3.8, 4) is 6.07 Å². The summed E-state index contributed by atoms with van der Waals surface area (Å²) in [7, 11) is 0. The van der Waals surface area contributed by atoms with E-state index in [2.05, 4.69) is 4.90 Å². The molecule has 0 aliphatic carbocycles. The second-order valence-electron chi connectivity index (χ2n) is 6.23. The molecule has 0 aromatic heterocycles. The first-order chi connectivity index (χ1) is 11.5. The number of piperidine rings is 1. The monoisotopic (exact) mass is 335 g/mol. The lowest BCUT2D eigenvalue weighted by atomic mass is 9.97. The van der Waals surface area contributed by atoms with Gasteiger partial charge in [0.15, 0.2) is 0 Å². The number of hydrogen-bond acceptors (Lipinski definition) is 6. The van der Waals surface area contributed by atoms with E-state index < -0.39 is 5.97 Å². The Labute approximate surface area is 142 Å². The van der Waals surface area contributed by atoms with Crippen LogP contribution in [0.2, 0.25) is 0 Å². The number of amides is 1. The third kappa shape index (κ3) is 4.69. The van der Waals surface area contributed by atoms with Crippen molar-refractivity contribution in [2.24, 2.45) is 11.7 Å². The zero-order valence-corrected chi connectivity index (χ0v) is 13.9. The zero-order valence-electron chi connectivity index (χ0n) is 13.9. The van der Waals surface area contributed by atoms with Crippen LogP contribution in [0, 0.1) is 17.2 Å². The molecule has 2 aliphatic heterocycles. The summed E-state index contributed by atoms with van der Waals surface area (Å²) in [5, 5.41) is 18.3. The van der Waals surface area contributed by atoms with Crippen molar-refractivity contribution in [2.45, 2.75) is 12.8 Å². The smallest absolute Gasteiger partial charge is 0.306 e. The molecule has 132 valence electrons. The fourth-order valence-corrected chi connectivity index (χ4v) is 3.11. The number of likely N-dealkylation sites (tertiary alicyclic amines) is 1. The summed E-state index contributed by atoms with van der Waals surface area (Å²) in [5.74, 6) is -1.50. The minimum absolute atomic E-state index is 0.121. The van der Waals surface area contributed by atoms with Gasteiger partial charge in [-0.1, -0.05) is 0 Å². The van der Waals surface area contributed by atoms with Crippen molar-refractivity contribution in [3.05, 3.63) is 11.8 Å². The van der Waals surface area contributed by atoms with Crippen LogP contribution in [0.4, 0.5) is 0 Å². The Balaban J connectivity index is 1.90. The van der Waals surface area contributed by atoms with Gasteiger partial charge in [-0.25, -0.2) is 0 Å². The van der Waals surface area contributed by atoms with Crippen molar-refractivity contribution in [2.75, 3.05) is 52.4 Å². The quantitative estimate of drug-likeness (QED) is 0.504. The van der Waals surface area contributed by atoms with Crippen LogP contribution >= 0.6 is 0 Å². The fourth-order valence-electron chi connectivity index (χ4n) is 3.11. The Morgan fingerprint density at radius 1 is 1.17 bits per heavy atom. The van der Waals surface area contributed by atoms with E-state index in [1.54, 1.807) is 11.1 Å². The summed E-state index contributed by atoms with van der Waals surface area (Å²) in [6.07, 6.45) is 2.53. The SMILES string of the molecule is N#C/C(=C/N1CCN(CCN)CC1)C(=O)N1CCC(C(=O)O)CC1. The normalized spacial score (nSPS) is 20.8. The van der Waals surface area contributed by atoms with Gasteiger partial charge < -0.3 is 20.6 Å². The van der Waals surface area contributed by atoms with E-state index >= 15 is 0 Å². The minimum Gasteiger partial charge on any atom is -0.481 e. The summed E-state index contributed by atoms with van der Waals surface area (Å²) in [4.78, 5) is 29.3. The molecule has 2 aliphatic rings. The lowest BCUT2D eigenvalue weighted by Gasteiger charge is -2.34. The Bertz CT molecular complexity index is 526. The summed E-state index contributed by atoms with van der Waals surface area (Å²) in [6.45, 7) is 5.52. The molecule has 0 atom stereocenters. The molecule has 2 fully saturated rings. The number of aliphatic carboxylic acids is 1. The highest BCUT2D eigenvalue weighted by molar-refractivity contribution is 5.97. The van der Waals surface area contributed by atoms with Gasteiger partial charge >= 0.3 is 5.97 Å². The molecule has 0 saturated carbocycles. The maximum absolute atomic E-state index is 12.5. The second-order valence-corrected chi connectivity index (χ2v) is 6.23. The number of nitrogens with zero attached hydrogens (tertiary/aromatic N) is 4. The van der Waals surface area contributed by atoms with Crippen molar-refractivity contribution in [1.82, 2.24) is 14.7 Å². The number of carboxylic acid groups (broad SMARTS) is 1. The summed E-state index contributed by atoms with van der Waals surface area (Å²) in [6, 6.07) is 2.00. The summed E-state index contributed by atoms with van der Waals surface area (Å²) < 4.78 is 0. The number of nitrogens with two attached hydrogens (primary N) is 1. The average Bonchev–Trinajstić information content (AvgIpc) is 2.61. The third-order valence-corrected chi connectivity index (χ3v) is 4.65. The van der Waals surface area contributed by atoms with Crippen LogP contribution in [-0.2, 0) is 9.59 Å². The van der Waals surface area contributed by atoms with Crippen LogP contribution in [-0.4, -0.2) is 84.0 Å². The van der Waals surface area contributed by atoms with Gasteiger partial charge in [0, 0.05) is 58.6 Å². The molecule has 8 heteroatoms. The van der Waals surface area contributed by atoms with Crippen molar-refractivity contribution in [1.29, 1.82) is 5.26 Å². The molecule has 0 radical (unpaired) electrons. The van der Waals surface area contributed by atoms with E-state index in [0.717, 1.165) is 32.7 Å². The highest BCUT2D eigenvalue weighted by atomic mass is 16.4. The van der Waals surface area contributed by atoms with Crippen LogP contribution in [0.1, 0.15) is 12.8 Å². The van der Waals surface area contributed by atoms with Gasteiger partial charge in [0.1, 0.15) is 11.6 Å². The topological polar surface area (TPSA) is 114 Å². The van der Waals surface area contributed by atoms with E-state index in [1.165, 1.54) is 0 Å². The highest BCUT2D eigenvalue weighted by Crippen LogP contribution is 2.19. The predicted octanol–water partition coefficient (Wildman–Crippen LogP) is -0.707. The molecule has 3 N–H and O–H groups in total. The van der Waals surface area contributed by atoms with Crippen LogP contribution in [0.25, 0.3) is 0 Å². The molecule has 0 aromatic rings. The molecule has 0 bridgehead atoms. The van der Waals surface area contributed by atoms with Gasteiger partial charge in [0.05, 0.1) is 5.92 Å². The van der Waals surface area contributed by atoms with Gasteiger partial charge in [-0.05, 0) is 12.8 Å². The van der Waals surface area contributed by atoms with Gasteiger partial charge in [0.2, 0.25) is 0 Å². The van der Waals surface area contributed by atoms with Crippen LogP contribution in [0.3, 0.4) is 0 Å². The molecule has 0 spiro atoms. The molecule has 8 nitrogen and oxygen atoms in total. The van der Waals surface area contributed by atoms with E-state index in [4.69, 9.17) is 10.8 Å². The first kappa shape index (κ1) is 18.2. The number of carboxylic acids is 1. The predicted molar refractivity (Wildman–Crippen MR) is 87.7 cm³/mol. The Morgan fingerprint density at radius 3 is 2.29 bits per heavy atom. The lowest BCUT2D eigenvalue weighted by Crippen LogP contribution is -2.46.